The molecule has 130 valence electrons. The summed E-state index contributed by atoms with van der Waals surface area (Å²) in [5, 5.41) is 0. The lowest BCUT2D eigenvalue weighted by Gasteiger charge is -2.16. The summed E-state index contributed by atoms with van der Waals surface area (Å²) in [4.78, 5) is 15.8. The fourth-order valence-electron chi connectivity index (χ4n) is 2.23. The molecule has 1 heterocycles. The number of rotatable bonds is 7. The van der Waals surface area contributed by atoms with E-state index in [2.05, 4.69) is 24.6 Å². The Kier molecular flexibility index (Phi) is 5.79. The summed E-state index contributed by atoms with van der Waals surface area (Å²) < 4.78 is 12.4. The predicted molar refractivity (Wildman–Crippen MR) is 97.5 cm³/mol. The molecule has 0 bridgehead atoms. The van der Waals surface area contributed by atoms with Crippen LogP contribution in [0.4, 0.5) is 5.69 Å². The number of nitrogens with two attached hydrogens (primary N) is 1. The molecule has 2 rings (SSSR count). The normalized spacial score (nSPS) is 11.5. The number of imidazole rings is 1. The Morgan fingerprint density at radius 3 is 2.71 bits per heavy atom. The molecule has 0 saturated carbocycles. The number of ether oxygens (including phenoxy) is 2. The third-order valence-electron chi connectivity index (χ3n) is 3.69. The first-order chi connectivity index (χ1) is 11.3. The van der Waals surface area contributed by atoms with Crippen molar-refractivity contribution in [3.05, 3.63) is 36.3 Å². The van der Waals surface area contributed by atoms with Gasteiger partial charge in [-0.2, -0.15) is 0 Å². The highest BCUT2D eigenvalue weighted by molar-refractivity contribution is 6.76. The molecule has 0 atom stereocenters. The van der Waals surface area contributed by atoms with E-state index in [-0.39, 0.29) is 0 Å². The van der Waals surface area contributed by atoms with Gasteiger partial charge in [0.25, 0.3) is 0 Å². The Morgan fingerprint density at radius 1 is 1.33 bits per heavy atom. The van der Waals surface area contributed by atoms with Gasteiger partial charge in [-0.25, -0.2) is 9.78 Å². The Hall–Kier alpha value is -2.12. The number of aromatic nitrogens is 2. The van der Waals surface area contributed by atoms with Crippen LogP contribution in [0.15, 0.2) is 30.7 Å². The molecular formula is C17H25N3O3Si. The van der Waals surface area contributed by atoms with Gasteiger partial charge in [0.05, 0.1) is 30.9 Å². The number of methoxy groups -OCH3 is 1. The monoisotopic (exact) mass is 347 g/mol. The van der Waals surface area contributed by atoms with Crippen LogP contribution >= 0.6 is 0 Å². The van der Waals surface area contributed by atoms with Crippen molar-refractivity contribution in [1.29, 1.82) is 0 Å². The van der Waals surface area contributed by atoms with Crippen LogP contribution in [0.3, 0.4) is 0 Å². The first-order valence-corrected chi connectivity index (χ1v) is 11.6. The van der Waals surface area contributed by atoms with E-state index in [0.717, 1.165) is 23.9 Å². The fourth-order valence-corrected chi connectivity index (χ4v) is 2.99. The summed E-state index contributed by atoms with van der Waals surface area (Å²) in [6.45, 7) is 8.13. The first kappa shape index (κ1) is 18.2. The summed E-state index contributed by atoms with van der Waals surface area (Å²) in [6.07, 6.45) is 3.46. The van der Waals surface area contributed by atoms with E-state index in [1.165, 1.54) is 7.11 Å². The number of carbonyl (C=O) groups is 1. The van der Waals surface area contributed by atoms with E-state index >= 15 is 0 Å². The van der Waals surface area contributed by atoms with E-state index in [1.54, 1.807) is 30.7 Å². The quantitative estimate of drug-likeness (QED) is 0.360. The smallest absolute Gasteiger partial charge is 0.337 e. The fraction of sp³-hybridized carbons (Fsp3) is 0.412. The van der Waals surface area contributed by atoms with Gasteiger partial charge in [0, 0.05) is 25.9 Å². The zero-order chi connectivity index (χ0) is 17.7. The second-order valence-electron chi connectivity index (χ2n) is 6.89. The van der Waals surface area contributed by atoms with Gasteiger partial charge in [-0.1, -0.05) is 19.6 Å². The Bertz CT molecular complexity index is 707. The number of hydrogen-bond acceptors (Lipinski definition) is 5. The van der Waals surface area contributed by atoms with Crippen LogP contribution in [0.5, 0.6) is 0 Å². The van der Waals surface area contributed by atoms with Crippen molar-refractivity contribution in [3.8, 4) is 11.3 Å². The van der Waals surface area contributed by atoms with Crippen molar-refractivity contribution in [2.45, 2.75) is 32.4 Å². The lowest BCUT2D eigenvalue weighted by molar-refractivity contribution is 0.0600. The molecule has 24 heavy (non-hydrogen) atoms. The van der Waals surface area contributed by atoms with Gasteiger partial charge in [0.2, 0.25) is 0 Å². The summed E-state index contributed by atoms with van der Waals surface area (Å²) >= 11 is 0. The lowest BCUT2D eigenvalue weighted by atomic mass is 10.1. The van der Waals surface area contributed by atoms with Crippen molar-refractivity contribution in [1.82, 2.24) is 9.55 Å². The molecule has 0 aliphatic carbocycles. The summed E-state index contributed by atoms with van der Waals surface area (Å²) in [7, 11) is 0.246. The Balaban J connectivity index is 2.11. The van der Waals surface area contributed by atoms with E-state index in [1.807, 2.05) is 4.57 Å². The SMILES string of the molecule is COC(=O)c1ccc(-c2cncn2COCC[Si](C)(C)C)c(N)c1. The van der Waals surface area contributed by atoms with Crippen molar-refractivity contribution >= 4 is 19.7 Å². The van der Waals surface area contributed by atoms with Crippen LogP contribution in [-0.2, 0) is 16.2 Å². The third-order valence-corrected chi connectivity index (χ3v) is 5.39. The molecule has 0 fully saturated rings. The van der Waals surface area contributed by atoms with E-state index in [4.69, 9.17) is 15.2 Å². The van der Waals surface area contributed by atoms with Crippen molar-refractivity contribution in [2.24, 2.45) is 0 Å². The summed E-state index contributed by atoms with van der Waals surface area (Å²) in [5.41, 5.74) is 8.70. The molecule has 6 nitrogen and oxygen atoms in total. The topological polar surface area (TPSA) is 79.4 Å². The molecule has 0 spiro atoms. The standard InChI is InChI=1S/C17H25N3O3Si/c1-22-17(21)13-5-6-14(15(18)9-13)16-10-19-11-20(16)12-23-7-8-24(2,3)4/h5-6,9-11H,7-8,12,18H2,1-4H3. The molecule has 0 aliphatic rings. The number of carbonyl (C=O) groups excluding carboxylic acids is 1. The average molecular weight is 347 g/mol. The lowest BCUT2D eigenvalue weighted by Crippen LogP contribution is -2.22. The summed E-state index contributed by atoms with van der Waals surface area (Å²) in [6, 6.07) is 6.23. The number of anilines is 1. The van der Waals surface area contributed by atoms with Crippen LogP contribution in [0.2, 0.25) is 25.7 Å². The van der Waals surface area contributed by atoms with Crippen LogP contribution in [0, 0.1) is 0 Å². The van der Waals surface area contributed by atoms with Crippen molar-refractivity contribution in [3.63, 3.8) is 0 Å². The molecule has 0 unspecified atom stereocenters. The minimum atomic E-state index is -1.10. The van der Waals surface area contributed by atoms with Crippen molar-refractivity contribution in [2.75, 3.05) is 19.5 Å². The third kappa shape index (κ3) is 4.69. The van der Waals surface area contributed by atoms with E-state index in [0.29, 0.717) is 18.0 Å². The predicted octanol–water partition coefficient (Wildman–Crippen LogP) is 3.23. The highest BCUT2D eigenvalue weighted by Crippen LogP contribution is 2.27. The largest absolute Gasteiger partial charge is 0.465 e. The Morgan fingerprint density at radius 2 is 2.08 bits per heavy atom. The average Bonchev–Trinajstić information content (AvgIpc) is 2.98. The molecule has 0 aliphatic heterocycles. The summed E-state index contributed by atoms with van der Waals surface area (Å²) in [5.74, 6) is -0.406. The first-order valence-electron chi connectivity index (χ1n) is 7.88. The van der Waals surface area contributed by atoms with Crippen LogP contribution in [-0.4, -0.2) is 37.3 Å². The van der Waals surface area contributed by atoms with Gasteiger partial charge in [-0.3, -0.25) is 0 Å². The zero-order valence-corrected chi connectivity index (χ0v) is 15.7. The second-order valence-corrected chi connectivity index (χ2v) is 12.5. The van der Waals surface area contributed by atoms with Gasteiger partial charge >= 0.3 is 5.97 Å². The number of benzene rings is 1. The van der Waals surface area contributed by atoms with Gasteiger partial charge in [0.1, 0.15) is 6.73 Å². The number of nitrogens with zero attached hydrogens (tertiary/aromatic N) is 2. The molecule has 0 amide bonds. The number of nitrogen functional groups attached to an aromatic ring is 1. The maximum Gasteiger partial charge on any atom is 0.337 e. The maximum atomic E-state index is 11.6. The molecule has 2 aromatic rings. The highest BCUT2D eigenvalue weighted by Gasteiger charge is 2.14. The van der Waals surface area contributed by atoms with Crippen LogP contribution in [0.25, 0.3) is 11.3 Å². The van der Waals surface area contributed by atoms with E-state index in [9.17, 15) is 4.79 Å². The Labute approximate surface area is 143 Å². The molecule has 2 N–H and O–H groups in total. The van der Waals surface area contributed by atoms with Crippen molar-refractivity contribution < 1.29 is 14.3 Å². The minimum absolute atomic E-state index is 0.406. The number of hydrogen-bond donors (Lipinski definition) is 1. The molecule has 0 saturated heterocycles. The molecule has 1 aromatic heterocycles. The van der Waals surface area contributed by atoms with E-state index < -0.39 is 14.0 Å². The van der Waals surface area contributed by atoms with Crippen LogP contribution in [0.1, 0.15) is 10.4 Å². The zero-order valence-electron chi connectivity index (χ0n) is 14.7. The molecule has 1 aromatic carbocycles. The van der Waals surface area contributed by atoms with Gasteiger partial charge in [-0.15, -0.1) is 0 Å². The maximum absolute atomic E-state index is 11.6. The highest BCUT2D eigenvalue weighted by atomic mass is 28.3. The van der Waals surface area contributed by atoms with Gasteiger partial charge in [0.15, 0.2) is 0 Å². The minimum Gasteiger partial charge on any atom is -0.465 e. The molecular weight excluding hydrogens is 322 g/mol. The second kappa shape index (κ2) is 7.63. The molecule has 0 radical (unpaired) electrons. The van der Waals surface area contributed by atoms with Crippen LogP contribution < -0.4 is 5.73 Å². The molecule has 7 heteroatoms. The van der Waals surface area contributed by atoms with Gasteiger partial charge < -0.3 is 19.8 Å². The number of esters is 1. The van der Waals surface area contributed by atoms with Gasteiger partial charge in [-0.05, 0) is 24.2 Å².